The van der Waals surface area contributed by atoms with Crippen molar-refractivity contribution in [1.82, 2.24) is 4.90 Å². The van der Waals surface area contributed by atoms with E-state index in [9.17, 15) is 4.79 Å². The zero-order chi connectivity index (χ0) is 25.9. The summed E-state index contributed by atoms with van der Waals surface area (Å²) in [6, 6.07) is 15.4. The molecule has 0 aliphatic carbocycles. The van der Waals surface area contributed by atoms with E-state index in [1.807, 2.05) is 48.5 Å². The van der Waals surface area contributed by atoms with Crippen LogP contribution in [-0.4, -0.2) is 45.7 Å². The second-order valence-corrected chi connectivity index (χ2v) is 9.57. The molecule has 5 rings (SSSR count). The van der Waals surface area contributed by atoms with Crippen molar-refractivity contribution in [2.45, 2.75) is 25.5 Å². The Hall–Kier alpha value is -3.59. The number of ether oxygens (including phenoxy) is 6. The second-order valence-electron chi connectivity index (χ2n) is 8.71. The van der Waals surface area contributed by atoms with Gasteiger partial charge >= 0.3 is 6.09 Å². The highest BCUT2D eigenvalue weighted by molar-refractivity contribution is 9.10. The van der Waals surface area contributed by atoms with E-state index in [2.05, 4.69) is 15.9 Å². The lowest BCUT2D eigenvalue weighted by Gasteiger charge is -2.37. The molecule has 2 heterocycles. The Balaban J connectivity index is 1.53. The van der Waals surface area contributed by atoms with Gasteiger partial charge in [0.05, 0.1) is 27.4 Å². The van der Waals surface area contributed by atoms with Gasteiger partial charge < -0.3 is 33.3 Å². The van der Waals surface area contributed by atoms with Crippen molar-refractivity contribution < 1.29 is 33.2 Å². The van der Waals surface area contributed by atoms with E-state index in [-0.39, 0.29) is 12.8 Å². The lowest BCUT2D eigenvalue weighted by Crippen LogP contribution is -2.41. The number of hydrogen-bond acceptors (Lipinski definition) is 7. The molecule has 0 radical (unpaired) electrons. The molecular formula is C28H28BrNO7. The molecule has 1 atom stereocenters. The minimum atomic E-state index is -0.391. The van der Waals surface area contributed by atoms with E-state index >= 15 is 0 Å². The van der Waals surface area contributed by atoms with Crippen molar-refractivity contribution in [2.24, 2.45) is 0 Å². The molecule has 1 amide bonds. The standard InChI is InChI=1S/C28H28BrNO7/c1-32-23-14-21(29)18(12-24(23)35-15-17-7-5-4-6-8-17)11-22-20-13-25-27(37-16-36-25)26(33-2)19(20)9-10-30(22)28(31)34-3/h4-8,12-14,22H,9-11,15-16H2,1-3H3. The third kappa shape index (κ3) is 4.87. The van der Waals surface area contributed by atoms with Gasteiger partial charge in [-0.15, -0.1) is 0 Å². The van der Waals surface area contributed by atoms with Crippen LogP contribution in [0.2, 0.25) is 0 Å². The number of halogens is 1. The number of rotatable bonds is 7. The Kier molecular flexibility index (Phi) is 7.32. The highest BCUT2D eigenvalue weighted by atomic mass is 79.9. The van der Waals surface area contributed by atoms with E-state index in [0.29, 0.717) is 54.7 Å². The van der Waals surface area contributed by atoms with Crippen LogP contribution in [0.3, 0.4) is 0 Å². The van der Waals surface area contributed by atoms with Crippen LogP contribution in [-0.2, 0) is 24.2 Å². The first-order valence-corrected chi connectivity index (χ1v) is 12.7. The molecule has 0 spiro atoms. The summed E-state index contributed by atoms with van der Waals surface area (Å²) >= 11 is 3.70. The first kappa shape index (κ1) is 25.1. The van der Waals surface area contributed by atoms with Gasteiger partial charge in [0.1, 0.15) is 6.61 Å². The maximum absolute atomic E-state index is 12.8. The number of carbonyl (C=O) groups excluding carboxylic acids is 1. The van der Waals surface area contributed by atoms with E-state index in [1.54, 1.807) is 19.1 Å². The van der Waals surface area contributed by atoms with Crippen molar-refractivity contribution in [1.29, 1.82) is 0 Å². The molecule has 3 aromatic carbocycles. The molecule has 2 aliphatic heterocycles. The van der Waals surface area contributed by atoms with Crippen LogP contribution >= 0.6 is 15.9 Å². The van der Waals surface area contributed by atoms with Crippen LogP contribution < -0.4 is 23.7 Å². The smallest absolute Gasteiger partial charge is 0.410 e. The molecule has 0 bridgehead atoms. The van der Waals surface area contributed by atoms with Gasteiger partial charge in [0, 0.05) is 16.6 Å². The predicted octanol–water partition coefficient (Wildman–Crippen LogP) is 5.68. The fourth-order valence-corrected chi connectivity index (χ4v) is 5.39. The van der Waals surface area contributed by atoms with Crippen LogP contribution in [0.5, 0.6) is 28.7 Å². The molecule has 9 heteroatoms. The molecule has 0 aromatic heterocycles. The zero-order valence-corrected chi connectivity index (χ0v) is 22.5. The number of amides is 1. The Morgan fingerprint density at radius 1 is 1.05 bits per heavy atom. The normalized spacial score (nSPS) is 15.7. The summed E-state index contributed by atoms with van der Waals surface area (Å²) in [6.07, 6.45) is 0.713. The van der Waals surface area contributed by atoms with Gasteiger partial charge in [-0.25, -0.2) is 4.79 Å². The fourth-order valence-electron chi connectivity index (χ4n) is 4.90. The minimum Gasteiger partial charge on any atom is -0.493 e. The number of nitrogens with zero attached hydrogens (tertiary/aromatic N) is 1. The number of methoxy groups -OCH3 is 3. The molecule has 1 unspecified atom stereocenters. The molecule has 0 N–H and O–H groups in total. The van der Waals surface area contributed by atoms with Crippen LogP contribution in [0.4, 0.5) is 4.79 Å². The summed E-state index contributed by atoms with van der Waals surface area (Å²) in [5.41, 5.74) is 3.94. The quantitative estimate of drug-likeness (QED) is 0.362. The summed E-state index contributed by atoms with van der Waals surface area (Å²) in [6.45, 7) is 1.01. The van der Waals surface area contributed by atoms with E-state index < -0.39 is 6.09 Å². The van der Waals surface area contributed by atoms with Gasteiger partial charge in [-0.2, -0.15) is 0 Å². The lowest BCUT2D eigenvalue weighted by molar-refractivity contribution is 0.100. The summed E-state index contributed by atoms with van der Waals surface area (Å²) in [5.74, 6) is 3.10. The lowest BCUT2D eigenvalue weighted by atomic mass is 9.87. The van der Waals surface area contributed by atoms with Crippen molar-refractivity contribution >= 4 is 22.0 Å². The molecule has 0 saturated heterocycles. The Bertz CT molecular complexity index is 1300. The topological polar surface area (TPSA) is 75.7 Å². The number of benzene rings is 3. The molecule has 0 saturated carbocycles. The maximum atomic E-state index is 12.8. The van der Waals surface area contributed by atoms with E-state index in [1.165, 1.54) is 7.11 Å². The fraction of sp³-hybridized carbons (Fsp3) is 0.321. The summed E-state index contributed by atoms with van der Waals surface area (Å²) in [4.78, 5) is 14.6. The largest absolute Gasteiger partial charge is 0.493 e. The molecule has 0 fully saturated rings. The number of hydrogen-bond donors (Lipinski definition) is 0. The summed E-state index contributed by atoms with van der Waals surface area (Å²) in [7, 11) is 4.63. The molecule has 3 aromatic rings. The van der Waals surface area contributed by atoms with Crippen LogP contribution in [0.25, 0.3) is 0 Å². The van der Waals surface area contributed by atoms with Crippen LogP contribution in [0.15, 0.2) is 53.0 Å². The SMILES string of the molecule is COC(=O)N1CCc2c(cc3c(c2OC)OCO3)C1Cc1cc(OCc2ccccc2)c(OC)cc1Br. The molecule has 8 nitrogen and oxygen atoms in total. The monoisotopic (exact) mass is 569 g/mol. The van der Waals surface area contributed by atoms with Crippen molar-refractivity contribution in [3.63, 3.8) is 0 Å². The van der Waals surface area contributed by atoms with Gasteiger partial charge in [0.15, 0.2) is 23.0 Å². The van der Waals surface area contributed by atoms with Gasteiger partial charge in [-0.3, -0.25) is 0 Å². The van der Waals surface area contributed by atoms with E-state index in [0.717, 1.165) is 26.7 Å². The average molecular weight is 570 g/mol. The highest BCUT2D eigenvalue weighted by Crippen LogP contribution is 2.50. The Morgan fingerprint density at radius 2 is 1.86 bits per heavy atom. The third-order valence-corrected chi connectivity index (χ3v) is 7.43. The molecule has 37 heavy (non-hydrogen) atoms. The summed E-state index contributed by atoms with van der Waals surface area (Å²) in [5, 5.41) is 0. The highest BCUT2D eigenvalue weighted by Gasteiger charge is 2.37. The first-order chi connectivity index (χ1) is 18.0. The second kappa shape index (κ2) is 10.8. The van der Waals surface area contributed by atoms with E-state index in [4.69, 9.17) is 28.4 Å². The zero-order valence-electron chi connectivity index (χ0n) is 20.9. The van der Waals surface area contributed by atoms with Gasteiger partial charge in [0.2, 0.25) is 12.5 Å². The Labute approximate surface area is 224 Å². The predicted molar refractivity (Wildman–Crippen MR) is 140 cm³/mol. The average Bonchev–Trinajstić information content (AvgIpc) is 3.40. The van der Waals surface area contributed by atoms with Crippen molar-refractivity contribution in [2.75, 3.05) is 34.7 Å². The minimum absolute atomic E-state index is 0.131. The Morgan fingerprint density at radius 3 is 2.59 bits per heavy atom. The number of carbonyl (C=O) groups is 1. The molecule has 194 valence electrons. The van der Waals surface area contributed by atoms with Crippen LogP contribution in [0.1, 0.15) is 28.3 Å². The van der Waals surface area contributed by atoms with Crippen LogP contribution in [0, 0.1) is 0 Å². The maximum Gasteiger partial charge on any atom is 0.410 e. The number of fused-ring (bicyclic) bond motifs is 2. The first-order valence-electron chi connectivity index (χ1n) is 11.9. The molecule has 2 aliphatic rings. The third-order valence-electron chi connectivity index (χ3n) is 6.69. The molecular weight excluding hydrogens is 542 g/mol. The summed E-state index contributed by atoms with van der Waals surface area (Å²) < 4.78 is 34.8. The van der Waals surface area contributed by atoms with Crippen molar-refractivity contribution in [3.8, 4) is 28.7 Å². The van der Waals surface area contributed by atoms with Crippen molar-refractivity contribution in [3.05, 3.63) is 75.3 Å². The van der Waals surface area contributed by atoms with Gasteiger partial charge in [0.25, 0.3) is 0 Å². The van der Waals surface area contributed by atoms with Gasteiger partial charge in [-0.1, -0.05) is 46.3 Å². The van der Waals surface area contributed by atoms with Gasteiger partial charge in [-0.05, 0) is 47.7 Å².